The predicted octanol–water partition coefficient (Wildman–Crippen LogP) is 1.25. The van der Waals surface area contributed by atoms with Crippen LogP contribution < -0.4 is 10.6 Å². The summed E-state index contributed by atoms with van der Waals surface area (Å²) in [6.45, 7) is 4.05. The van der Waals surface area contributed by atoms with E-state index >= 15 is 0 Å². The van der Waals surface area contributed by atoms with E-state index in [0.29, 0.717) is 0 Å². The molecule has 1 aromatic carbocycles. The van der Waals surface area contributed by atoms with Gasteiger partial charge in [-0.15, -0.1) is 0 Å². The molecule has 0 spiro atoms. The quantitative estimate of drug-likeness (QED) is 0.798. The molecule has 2 rings (SSSR count). The van der Waals surface area contributed by atoms with Crippen LogP contribution in [0, 0.1) is 13.8 Å². The number of amides is 3. The number of likely N-dealkylation sites (N-methyl/N-ethyl adjacent to an activating group) is 1. The Morgan fingerprint density at radius 3 is 2.53 bits per heavy atom. The van der Waals surface area contributed by atoms with Crippen LogP contribution in [0.25, 0.3) is 0 Å². The minimum absolute atomic E-state index is 0.166. The van der Waals surface area contributed by atoms with Crippen molar-refractivity contribution in [3.8, 4) is 0 Å². The minimum atomic E-state index is -0.499. The Kier molecular flexibility index (Phi) is 3.50. The van der Waals surface area contributed by atoms with E-state index in [-0.39, 0.29) is 18.4 Å². The average molecular weight is 260 g/mol. The summed E-state index contributed by atoms with van der Waals surface area (Å²) in [5, 5.41) is 5.26. The van der Waals surface area contributed by atoms with Gasteiger partial charge in [-0.3, -0.25) is 10.1 Å². The number of urea groups is 1. The zero-order valence-electron chi connectivity index (χ0n) is 11.2. The Hall–Kier alpha value is -2.37. The van der Waals surface area contributed by atoms with Gasteiger partial charge in [0, 0.05) is 12.7 Å². The third kappa shape index (κ3) is 2.90. The van der Waals surface area contributed by atoms with Crippen LogP contribution in [0.3, 0.4) is 0 Å². The molecular weight excluding hydrogens is 244 g/mol. The maximum Gasteiger partial charge on any atom is 0.348 e. The molecule has 0 aliphatic carbocycles. The van der Waals surface area contributed by atoms with Gasteiger partial charge in [0.05, 0.1) is 6.54 Å². The van der Waals surface area contributed by atoms with Crippen LogP contribution in [0.1, 0.15) is 11.1 Å². The molecule has 6 heteroatoms. The molecule has 0 radical (unpaired) electrons. The van der Waals surface area contributed by atoms with Crippen molar-refractivity contribution in [3.05, 3.63) is 29.3 Å². The second-order valence-electron chi connectivity index (χ2n) is 4.54. The van der Waals surface area contributed by atoms with Crippen LogP contribution in [0.15, 0.2) is 23.2 Å². The maximum atomic E-state index is 11.8. The Labute approximate surface area is 111 Å². The summed E-state index contributed by atoms with van der Waals surface area (Å²) in [6, 6.07) is 5.26. The van der Waals surface area contributed by atoms with Crippen molar-refractivity contribution in [2.75, 3.05) is 18.9 Å². The van der Waals surface area contributed by atoms with Gasteiger partial charge >= 0.3 is 6.03 Å². The lowest BCUT2D eigenvalue weighted by molar-refractivity contribution is -0.118. The summed E-state index contributed by atoms with van der Waals surface area (Å²) in [5.74, 6) is 0.106. The maximum absolute atomic E-state index is 11.8. The SMILES string of the molecule is Cc1cccc(C)c1NC(=O)N=C1NC(=O)CN1C. The second-order valence-corrected chi connectivity index (χ2v) is 4.54. The summed E-state index contributed by atoms with van der Waals surface area (Å²) < 4.78 is 0. The number of hydrogen-bond donors (Lipinski definition) is 2. The number of aliphatic imine (C=N–C) groups is 1. The Balaban J connectivity index is 2.14. The largest absolute Gasteiger partial charge is 0.348 e. The molecular formula is C13H16N4O2. The molecule has 0 saturated carbocycles. The summed E-state index contributed by atoms with van der Waals surface area (Å²) in [4.78, 5) is 28.4. The molecule has 1 saturated heterocycles. The van der Waals surface area contributed by atoms with E-state index in [4.69, 9.17) is 0 Å². The number of carbonyl (C=O) groups is 2. The number of para-hydroxylation sites is 1. The molecule has 3 amide bonds. The number of benzene rings is 1. The van der Waals surface area contributed by atoms with Gasteiger partial charge in [-0.2, -0.15) is 4.99 Å². The molecule has 1 heterocycles. The van der Waals surface area contributed by atoms with Crippen LogP contribution >= 0.6 is 0 Å². The first kappa shape index (κ1) is 13.1. The topological polar surface area (TPSA) is 73.8 Å². The molecule has 0 unspecified atom stereocenters. The highest BCUT2D eigenvalue weighted by Gasteiger charge is 2.22. The van der Waals surface area contributed by atoms with E-state index in [1.165, 1.54) is 0 Å². The molecule has 0 aromatic heterocycles. The number of anilines is 1. The first-order valence-electron chi connectivity index (χ1n) is 5.94. The molecule has 1 fully saturated rings. The van der Waals surface area contributed by atoms with Crippen molar-refractivity contribution >= 4 is 23.6 Å². The van der Waals surface area contributed by atoms with Crippen LogP contribution in [0.4, 0.5) is 10.5 Å². The molecule has 2 N–H and O–H groups in total. The van der Waals surface area contributed by atoms with E-state index in [9.17, 15) is 9.59 Å². The molecule has 1 aromatic rings. The predicted molar refractivity (Wildman–Crippen MR) is 73.1 cm³/mol. The third-order valence-electron chi connectivity index (χ3n) is 2.91. The highest BCUT2D eigenvalue weighted by molar-refractivity contribution is 6.09. The standard InChI is InChI=1S/C13H16N4O2/c1-8-5-4-6-9(2)11(8)15-13(19)16-12-14-10(18)7-17(12)3/h4-6H,7H2,1-3H3,(H2,14,15,16,18,19). The van der Waals surface area contributed by atoms with E-state index < -0.39 is 6.03 Å². The first-order chi connectivity index (χ1) is 8.97. The Morgan fingerprint density at radius 1 is 1.37 bits per heavy atom. The minimum Gasteiger partial charge on any atom is -0.336 e. The number of nitrogens with zero attached hydrogens (tertiary/aromatic N) is 2. The van der Waals surface area contributed by atoms with Crippen LogP contribution in [0.5, 0.6) is 0 Å². The van der Waals surface area contributed by atoms with Gasteiger partial charge in [0.25, 0.3) is 0 Å². The number of nitrogens with one attached hydrogen (secondary N) is 2. The van der Waals surface area contributed by atoms with Gasteiger partial charge in [0.1, 0.15) is 0 Å². The lowest BCUT2D eigenvalue weighted by Gasteiger charge is -2.11. The second kappa shape index (κ2) is 5.09. The fourth-order valence-electron chi connectivity index (χ4n) is 1.91. The molecule has 19 heavy (non-hydrogen) atoms. The summed E-state index contributed by atoms with van der Waals surface area (Å²) in [7, 11) is 1.70. The normalized spacial score (nSPS) is 16.7. The molecule has 0 bridgehead atoms. The number of carbonyl (C=O) groups excluding carboxylic acids is 2. The van der Waals surface area contributed by atoms with Gasteiger partial charge < -0.3 is 10.2 Å². The van der Waals surface area contributed by atoms with Crippen molar-refractivity contribution in [1.29, 1.82) is 0 Å². The fourth-order valence-corrected chi connectivity index (χ4v) is 1.91. The van der Waals surface area contributed by atoms with Crippen molar-refractivity contribution < 1.29 is 9.59 Å². The molecule has 1 aliphatic rings. The zero-order chi connectivity index (χ0) is 14.0. The highest BCUT2D eigenvalue weighted by atomic mass is 16.2. The molecule has 1 aliphatic heterocycles. The van der Waals surface area contributed by atoms with Crippen molar-refractivity contribution in [3.63, 3.8) is 0 Å². The Morgan fingerprint density at radius 2 is 2.00 bits per heavy atom. The van der Waals surface area contributed by atoms with Crippen LogP contribution in [0.2, 0.25) is 0 Å². The van der Waals surface area contributed by atoms with E-state index in [0.717, 1.165) is 16.8 Å². The smallest absolute Gasteiger partial charge is 0.336 e. The highest BCUT2D eigenvalue weighted by Crippen LogP contribution is 2.19. The van der Waals surface area contributed by atoms with Crippen molar-refractivity contribution in [2.24, 2.45) is 4.99 Å². The molecule has 6 nitrogen and oxygen atoms in total. The first-order valence-corrected chi connectivity index (χ1v) is 5.94. The van der Waals surface area contributed by atoms with Gasteiger partial charge in [0.2, 0.25) is 11.9 Å². The average Bonchev–Trinajstić information content (AvgIpc) is 2.63. The monoisotopic (exact) mass is 260 g/mol. The van der Waals surface area contributed by atoms with E-state index in [1.807, 2.05) is 32.0 Å². The van der Waals surface area contributed by atoms with Crippen LogP contribution in [-0.2, 0) is 4.79 Å². The van der Waals surface area contributed by atoms with Gasteiger partial charge in [-0.05, 0) is 25.0 Å². The number of aryl methyl sites for hydroxylation is 2. The van der Waals surface area contributed by atoms with Crippen molar-refractivity contribution in [2.45, 2.75) is 13.8 Å². The van der Waals surface area contributed by atoms with Gasteiger partial charge in [0.15, 0.2) is 0 Å². The van der Waals surface area contributed by atoms with Gasteiger partial charge in [-0.1, -0.05) is 18.2 Å². The number of rotatable bonds is 1. The van der Waals surface area contributed by atoms with E-state index in [1.54, 1.807) is 11.9 Å². The number of hydrogen-bond acceptors (Lipinski definition) is 2. The Bertz CT molecular complexity index is 546. The zero-order valence-corrected chi connectivity index (χ0v) is 11.2. The molecule has 100 valence electrons. The lowest BCUT2D eigenvalue weighted by atomic mass is 10.1. The lowest BCUT2D eigenvalue weighted by Crippen LogP contribution is -2.29. The molecule has 0 atom stereocenters. The third-order valence-corrected chi connectivity index (χ3v) is 2.91. The van der Waals surface area contributed by atoms with Crippen molar-refractivity contribution in [1.82, 2.24) is 10.2 Å². The van der Waals surface area contributed by atoms with Crippen LogP contribution in [-0.4, -0.2) is 36.4 Å². The van der Waals surface area contributed by atoms with Gasteiger partial charge in [-0.25, -0.2) is 4.79 Å². The summed E-state index contributed by atoms with van der Waals surface area (Å²) in [5.41, 5.74) is 2.69. The number of guanidine groups is 1. The summed E-state index contributed by atoms with van der Waals surface area (Å²) >= 11 is 0. The van der Waals surface area contributed by atoms with E-state index in [2.05, 4.69) is 15.6 Å². The summed E-state index contributed by atoms with van der Waals surface area (Å²) in [6.07, 6.45) is 0. The fraction of sp³-hybridized carbons (Fsp3) is 0.308.